The maximum atomic E-state index is 3.75. The average Bonchev–Trinajstić information content (AvgIpc) is 2.45. The molecule has 20 heavy (non-hydrogen) atoms. The Bertz CT molecular complexity index is 274. The van der Waals surface area contributed by atoms with Gasteiger partial charge in [-0.15, -0.1) is 0 Å². The molecule has 2 rings (SSSR count). The van der Waals surface area contributed by atoms with Gasteiger partial charge >= 0.3 is 0 Å². The number of nitrogens with one attached hydrogen (secondary N) is 1. The Hall–Kier alpha value is -0.0800. The maximum Gasteiger partial charge on any atom is 0.0110 e. The highest BCUT2D eigenvalue weighted by Crippen LogP contribution is 2.36. The first kappa shape index (κ1) is 16.3. The summed E-state index contributed by atoms with van der Waals surface area (Å²) in [7, 11) is 0. The molecule has 0 aromatic heterocycles. The van der Waals surface area contributed by atoms with Gasteiger partial charge in [-0.3, -0.25) is 0 Å². The van der Waals surface area contributed by atoms with Crippen LogP contribution in [-0.2, 0) is 0 Å². The predicted octanol–water partition coefficient (Wildman–Crippen LogP) is 4.06. The minimum Gasteiger partial charge on any atom is -0.314 e. The Labute approximate surface area is 126 Å². The molecule has 2 aliphatic rings. The Morgan fingerprint density at radius 3 is 2.35 bits per heavy atom. The van der Waals surface area contributed by atoms with Gasteiger partial charge in [0.25, 0.3) is 0 Å². The fourth-order valence-corrected chi connectivity index (χ4v) is 4.16. The number of nitrogens with zero attached hydrogens (tertiary/aromatic N) is 1. The molecule has 0 amide bonds. The van der Waals surface area contributed by atoms with Crippen LogP contribution in [0.15, 0.2) is 0 Å². The summed E-state index contributed by atoms with van der Waals surface area (Å²) in [5.74, 6) is 0.927. The fourth-order valence-electron chi connectivity index (χ4n) is 4.16. The molecule has 1 aliphatic carbocycles. The van der Waals surface area contributed by atoms with Crippen LogP contribution in [0.5, 0.6) is 0 Å². The first-order valence-electron chi connectivity index (χ1n) is 8.98. The second kappa shape index (κ2) is 7.26. The van der Waals surface area contributed by atoms with E-state index in [1.807, 2.05) is 0 Å². The van der Waals surface area contributed by atoms with E-state index in [0.29, 0.717) is 5.41 Å². The van der Waals surface area contributed by atoms with Crippen LogP contribution in [0.25, 0.3) is 0 Å². The van der Waals surface area contributed by atoms with Gasteiger partial charge in [-0.05, 0) is 69.5 Å². The summed E-state index contributed by atoms with van der Waals surface area (Å²) in [5.41, 5.74) is 0.504. The summed E-state index contributed by atoms with van der Waals surface area (Å²) >= 11 is 0. The molecule has 118 valence electrons. The van der Waals surface area contributed by atoms with Crippen LogP contribution in [0.4, 0.5) is 0 Å². The van der Waals surface area contributed by atoms with Crippen molar-refractivity contribution < 1.29 is 0 Å². The van der Waals surface area contributed by atoms with Crippen LogP contribution >= 0.6 is 0 Å². The van der Waals surface area contributed by atoms with Crippen molar-refractivity contribution in [2.45, 2.75) is 84.7 Å². The molecule has 0 aromatic rings. The Morgan fingerprint density at radius 1 is 1.05 bits per heavy atom. The molecule has 0 bridgehead atoms. The van der Waals surface area contributed by atoms with Gasteiger partial charge in [0.05, 0.1) is 0 Å². The van der Waals surface area contributed by atoms with E-state index in [4.69, 9.17) is 0 Å². The van der Waals surface area contributed by atoms with Crippen molar-refractivity contribution >= 4 is 0 Å². The lowest BCUT2D eigenvalue weighted by molar-refractivity contribution is 0.0625. The van der Waals surface area contributed by atoms with Crippen LogP contribution in [0, 0.1) is 11.3 Å². The van der Waals surface area contributed by atoms with Crippen molar-refractivity contribution in [2.24, 2.45) is 11.3 Å². The van der Waals surface area contributed by atoms with Crippen molar-refractivity contribution in [1.29, 1.82) is 0 Å². The first-order chi connectivity index (χ1) is 9.50. The van der Waals surface area contributed by atoms with Crippen LogP contribution in [0.2, 0.25) is 0 Å². The summed E-state index contributed by atoms with van der Waals surface area (Å²) in [4.78, 5) is 2.81. The van der Waals surface area contributed by atoms with Crippen molar-refractivity contribution in [3.05, 3.63) is 0 Å². The van der Waals surface area contributed by atoms with Crippen LogP contribution in [0.1, 0.15) is 72.6 Å². The molecule has 1 saturated carbocycles. The summed E-state index contributed by atoms with van der Waals surface area (Å²) in [6.45, 7) is 13.4. The standard InChI is InChI=1S/C18H36N2/c1-5-11-19-16-7-6-8-17(14-16)20-12-9-15(10-13-20)18(2,3)4/h15-17,19H,5-14H2,1-4H3. The van der Waals surface area contributed by atoms with E-state index in [-0.39, 0.29) is 0 Å². The first-order valence-corrected chi connectivity index (χ1v) is 8.98. The second-order valence-corrected chi connectivity index (χ2v) is 8.15. The number of rotatable bonds is 4. The van der Waals surface area contributed by atoms with Gasteiger partial charge < -0.3 is 10.2 Å². The lowest BCUT2D eigenvalue weighted by atomic mass is 9.74. The topological polar surface area (TPSA) is 15.3 Å². The lowest BCUT2D eigenvalue weighted by Crippen LogP contribution is -2.48. The van der Waals surface area contributed by atoms with Crippen LogP contribution in [-0.4, -0.2) is 36.6 Å². The van der Waals surface area contributed by atoms with E-state index < -0.39 is 0 Å². The van der Waals surface area contributed by atoms with Crippen molar-refractivity contribution in [2.75, 3.05) is 19.6 Å². The highest BCUT2D eigenvalue weighted by molar-refractivity contribution is 4.88. The zero-order valence-electron chi connectivity index (χ0n) is 14.3. The number of hydrogen-bond acceptors (Lipinski definition) is 2. The summed E-state index contributed by atoms with van der Waals surface area (Å²) in [6, 6.07) is 1.65. The molecule has 1 N–H and O–H groups in total. The zero-order chi connectivity index (χ0) is 14.6. The number of hydrogen-bond donors (Lipinski definition) is 1. The molecule has 0 radical (unpaired) electrons. The third-order valence-electron chi connectivity index (χ3n) is 5.60. The second-order valence-electron chi connectivity index (χ2n) is 8.15. The fraction of sp³-hybridized carbons (Fsp3) is 1.00. The maximum absolute atomic E-state index is 3.75. The molecule has 1 heterocycles. The minimum absolute atomic E-state index is 0.504. The highest BCUT2D eigenvalue weighted by atomic mass is 15.2. The van der Waals surface area contributed by atoms with Crippen molar-refractivity contribution in [1.82, 2.24) is 10.2 Å². The summed E-state index contributed by atoms with van der Waals surface area (Å²) in [6.07, 6.45) is 9.73. The zero-order valence-corrected chi connectivity index (χ0v) is 14.3. The van der Waals surface area contributed by atoms with Crippen LogP contribution < -0.4 is 5.32 Å². The molecule has 1 saturated heterocycles. The van der Waals surface area contributed by atoms with Gasteiger partial charge in [0.2, 0.25) is 0 Å². The Kier molecular flexibility index (Phi) is 5.92. The Balaban J connectivity index is 1.78. The quantitative estimate of drug-likeness (QED) is 0.835. The minimum atomic E-state index is 0.504. The normalized spacial score (nSPS) is 30.6. The smallest absolute Gasteiger partial charge is 0.0110 e. The van der Waals surface area contributed by atoms with Gasteiger partial charge in [-0.2, -0.15) is 0 Å². The predicted molar refractivity (Wildman–Crippen MR) is 88.1 cm³/mol. The van der Waals surface area contributed by atoms with E-state index >= 15 is 0 Å². The van der Waals surface area contributed by atoms with Crippen molar-refractivity contribution in [3.63, 3.8) is 0 Å². The van der Waals surface area contributed by atoms with E-state index in [2.05, 4.69) is 37.9 Å². The lowest BCUT2D eigenvalue weighted by Gasteiger charge is -2.44. The summed E-state index contributed by atoms with van der Waals surface area (Å²) in [5, 5.41) is 3.75. The van der Waals surface area contributed by atoms with Gasteiger partial charge in [0.15, 0.2) is 0 Å². The van der Waals surface area contributed by atoms with Gasteiger partial charge in [-0.1, -0.05) is 34.1 Å². The largest absolute Gasteiger partial charge is 0.314 e. The van der Waals surface area contributed by atoms with Crippen molar-refractivity contribution in [3.8, 4) is 0 Å². The molecule has 2 nitrogen and oxygen atoms in total. The third-order valence-corrected chi connectivity index (χ3v) is 5.60. The molecular weight excluding hydrogens is 244 g/mol. The summed E-state index contributed by atoms with van der Waals surface area (Å²) < 4.78 is 0. The molecule has 2 unspecified atom stereocenters. The van der Waals surface area contributed by atoms with Crippen LogP contribution in [0.3, 0.4) is 0 Å². The number of likely N-dealkylation sites (tertiary alicyclic amines) is 1. The number of piperidine rings is 1. The van der Waals surface area contributed by atoms with Gasteiger partial charge in [-0.25, -0.2) is 0 Å². The van der Waals surface area contributed by atoms with E-state index in [9.17, 15) is 0 Å². The van der Waals surface area contributed by atoms with Gasteiger partial charge in [0, 0.05) is 12.1 Å². The van der Waals surface area contributed by atoms with E-state index in [0.717, 1.165) is 18.0 Å². The molecule has 2 atom stereocenters. The molecule has 2 fully saturated rings. The molecule has 2 heteroatoms. The average molecular weight is 280 g/mol. The van der Waals surface area contributed by atoms with E-state index in [1.165, 1.54) is 64.6 Å². The van der Waals surface area contributed by atoms with Gasteiger partial charge in [0.1, 0.15) is 0 Å². The highest BCUT2D eigenvalue weighted by Gasteiger charge is 2.33. The molecular formula is C18H36N2. The van der Waals surface area contributed by atoms with E-state index in [1.54, 1.807) is 0 Å². The SMILES string of the molecule is CCCNC1CCCC(N2CCC(C(C)(C)C)CC2)C1. The molecule has 1 aliphatic heterocycles. The molecule has 0 aromatic carbocycles. The third kappa shape index (κ3) is 4.46. The molecule has 0 spiro atoms. The Morgan fingerprint density at radius 2 is 1.75 bits per heavy atom. The monoisotopic (exact) mass is 280 g/mol.